The fraction of sp³-hybridized carbons (Fsp3) is 0.167. The van der Waals surface area contributed by atoms with Crippen molar-refractivity contribution in [2.24, 2.45) is 5.10 Å². The van der Waals surface area contributed by atoms with E-state index in [0.29, 0.717) is 17.9 Å². The van der Waals surface area contributed by atoms with Gasteiger partial charge in [0.2, 0.25) is 0 Å². The Kier molecular flexibility index (Phi) is 6.08. The van der Waals surface area contributed by atoms with Crippen LogP contribution < -0.4 is 10.2 Å². The van der Waals surface area contributed by atoms with Crippen molar-refractivity contribution < 1.29 is 14.6 Å². The van der Waals surface area contributed by atoms with Crippen molar-refractivity contribution in [3.8, 4) is 11.5 Å². The smallest absolute Gasteiger partial charge is 0.250 e. The van der Waals surface area contributed by atoms with E-state index in [-0.39, 0.29) is 17.4 Å². The molecule has 0 spiro atoms. The van der Waals surface area contributed by atoms with E-state index in [1.165, 1.54) is 18.0 Å². The Labute approximate surface area is 158 Å². The number of thioether (sulfide) groups is 1. The van der Waals surface area contributed by atoms with Crippen LogP contribution in [0, 0.1) is 0 Å². The quantitative estimate of drug-likeness (QED) is 0.367. The molecule has 6 nitrogen and oxygen atoms in total. The predicted octanol–water partition coefficient (Wildman–Crippen LogP) is 3.64. The molecule has 2 aromatic carbocycles. The second-order valence-corrected chi connectivity index (χ2v) is 7.41. The number of para-hydroxylation sites is 2. The molecule has 0 aliphatic rings. The largest absolute Gasteiger partial charge is 0.504 e. The molecule has 1 heterocycles. The molecule has 134 valence electrons. The van der Waals surface area contributed by atoms with Crippen LogP contribution in [0.25, 0.3) is 10.2 Å². The lowest BCUT2D eigenvalue weighted by atomic mass is 10.2. The third-order valence-electron chi connectivity index (χ3n) is 3.32. The number of thiazole rings is 1. The number of ether oxygens (including phenoxy) is 1. The second-order valence-electron chi connectivity index (χ2n) is 5.16. The lowest BCUT2D eigenvalue weighted by molar-refractivity contribution is -0.118. The van der Waals surface area contributed by atoms with Crippen LogP contribution in [0.3, 0.4) is 0 Å². The van der Waals surface area contributed by atoms with Crippen LogP contribution in [0.1, 0.15) is 12.5 Å². The van der Waals surface area contributed by atoms with Crippen LogP contribution >= 0.6 is 23.1 Å². The first-order valence-corrected chi connectivity index (χ1v) is 9.72. The number of hydrogen-bond acceptors (Lipinski definition) is 7. The highest BCUT2D eigenvalue weighted by atomic mass is 32.2. The molecule has 0 aliphatic carbocycles. The molecule has 26 heavy (non-hydrogen) atoms. The number of phenolic OH excluding ortho intramolecular Hbond substituents is 1. The first kappa shape index (κ1) is 18.2. The van der Waals surface area contributed by atoms with E-state index in [4.69, 9.17) is 4.74 Å². The number of hydrogen-bond donors (Lipinski definition) is 2. The minimum atomic E-state index is -0.244. The maximum atomic E-state index is 11.9. The highest BCUT2D eigenvalue weighted by molar-refractivity contribution is 8.01. The van der Waals surface area contributed by atoms with Gasteiger partial charge in [-0.2, -0.15) is 5.10 Å². The van der Waals surface area contributed by atoms with E-state index in [2.05, 4.69) is 15.5 Å². The number of aromatic nitrogens is 1. The highest BCUT2D eigenvalue weighted by Crippen LogP contribution is 2.29. The molecular weight excluding hydrogens is 370 g/mol. The van der Waals surface area contributed by atoms with Gasteiger partial charge in [-0.3, -0.25) is 4.79 Å². The van der Waals surface area contributed by atoms with Crippen molar-refractivity contribution >= 4 is 45.4 Å². The summed E-state index contributed by atoms with van der Waals surface area (Å²) >= 11 is 2.92. The average Bonchev–Trinajstić information content (AvgIpc) is 3.06. The summed E-state index contributed by atoms with van der Waals surface area (Å²) in [5, 5.41) is 14.0. The number of carbonyl (C=O) groups is 1. The Hall–Kier alpha value is -2.58. The van der Waals surface area contributed by atoms with Gasteiger partial charge in [-0.1, -0.05) is 30.0 Å². The third-order valence-corrected chi connectivity index (χ3v) is 5.50. The van der Waals surface area contributed by atoms with Crippen LogP contribution in [-0.2, 0) is 4.79 Å². The number of phenols is 1. The number of hydrazone groups is 1. The molecule has 0 unspecified atom stereocenters. The van der Waals surface area contributed by atoms with Crippen LogP contribution in [0.2, 0.25) is 0 Å². The fourth-order valence-electron chi connectivity index (χ4n) is 2.16. The van der Waals surface area contributed by atoms with Crippen LogP contribution in [0.4, 0.5) is 0 Å². The van der Waals surface area contributed by atoms with Gasteiger partial charge in [0.1, 0.15) is 0 Å². The fourth-order valence-corrected chi connectivity index (χ4v) is 4.02. The van der Waals surface area contributed by atoms with Gasteiger partial charge in [-0.05, 0) is 31.2 Å². The summed E-state index contributed by atoms with van der Waals surface area (Å²) in [5.74, 6) is 0.346. The number of benzene rings is 2. The maximum absolute atomic E-state index is 11.9. The van der Waals surface area contributed by atoms with Gasteiger partial charge in [0.05, 0.1) is 28.8 Å². The number of nitrogens with zero attached hydrogens (tertiary/aromatic N) is 2. The molecule has 2 N–H and O–H groups in total. The molecule has 0 bridgehead atoms. The average molecular weight is 387 g/mol. The molecule has 3 rings (SSSR count). The molecule has 3 aromatic rings. The molecule has 0 fully saturated rings. The van der Waals surface area contributed by atoms with Gasteiger partial charge < -0.3 is 9.84 Å². The van der Waals surface area contributed by atoms with E-state index in [9.17, 15) is 9.90 Å². The van der Waals surface area contributed by atoms with Gasteiger partial charge >= 0.3 is 0 Å². The number of carbonyl (C=O) groups excluding carboxylic acids is 1. The Morgan fingerprint density at radius 3 is 3.00 bits per heavy atom. The molecule has 1 aromatic heterocycles. The Morgan fingerprint density at radius 1 is 1.35 bits per heavy atom. The summed E-state index contributed by atoms with van der Waals surface area (Å²) in [6.45, 7) is 2.29. The maximum Gasteiger partial charge on any atom is 0.250 e. The number of rotatable bonds is 7. The molecule has 0 atom stereocenters. The second kappa shape index (κ2) is 8.68. The van der Waals surface area contributed by atoms with Crippen LogP contribution in [-0.4, -0.2) is 34.6 Å². The van der Waals surface area contributed by atoms with Crippen LogP contribution in [0.5, 0.6) is 11.5 Å². The van der Waals surface area contributed by atoms with E-state index >= 15 is 0 Å². The zero-order valence-electron chi connectivity index (χ0n) is 14.0. The summed E-state index contributed by atoms with van der Waals surface area (Å²) in [6.07, 6.45) is 1.39. The highest BCUT2D eigenvalue weighted by Gasteiger charge is 2.08. The topological polar surface area (TPSA) is 83.8 Å². The van der Waals surface area contributed by atoms with Crippen molar-refractivity contribution in [2.45, 2.75) is 11.3 Å². The Balaban J connectivity index is 1.54. The molecule has 0 radical (unpaired) electrons. The lowest BCUT2D eigenvalue weighted by Crippen LogP contribution is -2.19. The normalized spacial score (nSPS) is 11.1. The summed E-state index contributed by atoms with van der Waals surface area (Å²) in [6, 6.07) is 13.0. The molecular formula is C18H17N3O3S2. The predicted molar refractivity (Wildman–Crippen MR) is 105 cm³/mol. The molecule has 1 amide bonds. The monoisotopic (exact) mass is 387 g/mol. The van der Waals surface area contributed by atoms with Gasteiger partial charge in [-0.15, -0.1) is 11.3 Å². The summed E-state index contributed by atoms with van der Waals surface area (Å²) in [7, 11) is 0. The standard InChI is InChI=1S/C18H17N3O3S2/c1-2-24-14-8-5-6-12(17(14)23)10-19-21-16(22)11-25-18-20-13-7-3-4-9-15(13)26-18/h3-10,23H,2,11H2,1H3,(H,21,22)/b19-10+. The van der Waals surface area contributed by atoms with E-state index in [0.717, 1.165) is 14.6 Å². The van der Waals surface area contributed by atoms with Crippen molar-refractivity contribution in [1.29, 1.82) is 0 Å². The molecule has 8 heteroatoms. The number of aromatic hydroxyl groups is 1. The van der Waals surface area contributed by atoms with Gasteiger partial charge in [-0.25, -0.2) is 10.4 Å². The summed E-state index contributed by atoms with van der Waals surface area (Å²) < 4.78 is 7.24. The summed E-state index contributed by atoms with van der Waals surface area (Å²) in [5.41, 5.74) is 3.85. The lowest BCUT2D eigenvalue weighted by Gasteiger charge is -2.07. The van der Waals surface area contributed by atoms with Gasteiger partial charge in [0.15, 0.2) is 15.8 Å². The molecule has 0 saturated carbocycles. The summed E-state index contributed by atoms with van der Waals surface area (Å²) in [4.78, 5) is 16.4. The molecule has 0 aliphatic heterocycles. The van der Waals surface area contributed by atoms with Crippen molar-refractivity contribution in [3.63, 3.8) is 0 Å². The number of nitrogens with one attached hydrogen (secondary N) is 1. The van der Waals surface area contributed by atoms with Gasteiger partial charge in [0, 0.05) is 5.56 Å². The SMILES string of the molecule is CCOc1cccc(/C=N/NC(=O)CSc2nc3ccccc3s2)c1O. The molecule has 0 saturated heterocycles. The zero-order valence-corrected chi connectivity index (χ0v) is 15.6. The zero-order chi connectivity index (χ0) is 18.4. The van der Waals surface area contributed by atoms with E-state index in [1.54, 1.807) is 29.5 Å². The number of amides is 1. The van der Waals surface area contributed by atoms with E-state index < -0.39 is 0 Å². The van der Waals surface area contributed by atoms with Crippen LogP contribution in [0.15, 0.2) is 51.9 Å². The van der Waals surface area contributed by atoms with Crippen molar-refractivity contribution in [3.05, 3.63) is 48.0 Å². The minimum absolute atomic E-state index is 0.00352. The third kappa shape index (κ3) is 4.53. The van der Waals surface area contributed by atoms with E-state index in [1.807, 2.05) is 31.2 Å². The Bertz CT molecular complexity index is 907. The minimum Gasteiger partial charge on any atom is -0.504 e. The first-order chi connectivity index (χ1) is 12.7. The first-order valence-electron chi connectivity index (χ1n) is 7.92. The van der Waals surface area contributed by atoms with Gasteiger partial charge in [0.25, 0.3) is 5.91 Å². The number of fused-ring (bicyclic) bond motifs is 1. The van der Waals surface area contributed by atoms with Crippen molar-refractivity contribution in [1.82, 2.24) is 10.4 Å². The Morgan fingerprint density at radius 2 is 2.19 bits per heavy atom. The van der Waals surface area contributed by atoms with Crippen molar-refractivity contribution in [2.75, 3.05) is 12.4 Å².